The molecule has 1 aliphatic carbocycles. The van der Waals surface area contributed by atoms with Gasteiger partial charge in [0, 0.05) is 24.4 Å². The van der Waals surface area contributed by atoms with Crippen LogP contribution in [0.5, 0.6) is 5.75 Å². The van der Waals surface area contributed by atoms with Crippen molar-refractivity contribution in [3.63, 3.8) is 0 Å². The maximum atomic E-state index is 13.4. The first kappa shape index (κ1) is 15.6. The van der Waals surface area contributed by atoms with Crippen molar-refractivity contribution in [3.05, 3.63) is 29.6 Å². The van der Waals surface area contributed by atoms with E-state index in [0.29, 0.717) is 5.92 Å². The first-order chi connectivity index (χ1) is 9.09. The van der Waals surface area contributed by atoms with Crippen LogP contribution in [0, 0.1) is 11.7 Å². The van der Waals surface area contributed by atoms with Gasteiger partial charge in [0.15, 0.2) is 0 Å². The van der Waals surface area contributed by atoms with Crippen LogP contribution >= 0.6 is 12.4 Å². The zero-order valence-electron chi connectivity index (χ0n) is 12.2. The molecule has 2 aliphatic rings. The number of hydrogen-bond acceptors (Lipinski definition) is 2. The van der Waals surface area contributed by atoms with Crippen LogP contribution in [0.1, 0.15) is 31.2 Å². The van der Waals surface area contributed by atoms with E-state index in [4.69, 9.17) is 4.74 Å². The van der Waals surface area contributed by atoms with E-state index in [9.17, 15) is 4.39 Å². The molecule has 2 atom stereocenters. The Morgan fingerprint density at radius 3 is 2.90 bits per heavy atom. The summed E-state index contributed by atoms with van der Waals surface area (Å²) in [7, 11) is 4.23. The van der Waals surface area contributed by atoms with Gasteiger partial charge in [-0.25, -0.2) is 4.39 Å². The van der Waals surface area contributed by atoms with Crippen LogP contribution in [0.15, 0.2) is 18.2 Å². The van der Waals surface area contributed by atoms with Crippen molar-refractivity contribution in [3.8, 4) is 5.75 Å². The van der Waals surface area contributed by atoms with Gasteiger partial charge in [0.05, 0.1) is 0 Å². The van der Waals surface area contributed by atoms with E-state index in [0.717, 1.165) is 30.7 Å². The second-order valence-corrected chi connectivity index (χ2v) is 6.30. The molecule has 112 valence electrons. The summed E-state index contributed by atoms with van der Waals surface area (Å²) in [6.07, 6.45) is 5.70. The van der Waals surface area contributed by atoms with Gasteiger partial charge in [-0.15, -0.1) is 12.4 Å². The van der Waals surface area contributed by atoms with E-state index >= 15 is 0 Å². The topological polar surface area (TPSA) is 12.5 Å². The van der Waals surface area contributed by atoms with Crippen LogP contribution in [0.3, 0.4) is 0 Å². The lowest BCUT2D eigenvalue weighted by Gasteiger charge is -2.41. The third-order valence-corrected chi connectivity index (χ3v) is 4.56. The molecule has 4 heteroatoms. The number of ether oxygens (including phenoxy) is 1. The summed E-state index contributed by atoms with van der Waals surface area (Å²) >= 11 is 0. The fourth-order valence-corrected chi connectivity index (χ4v) is 3.71. The molecule has 1 aromatic rings. The number of benzene rings is 1. The molecule has 0 N–H and O–H groups in total. The zero-order valence-corrected chi connectivity index (χ0v) is 13.0. The van der Waals surface area contributed by atoms with E-state index in [-0.39, 0.29) is 23.8 Å². The van der Waals surface area contributed by atoms with E-state index in [1.54, 1.807) is 12.1 Å². The summed E-state index contributed by atoms with van der Waals surface area (Å²) in [6.45, 7) is 1.05. The number of nitrogens with zero attached hydrogens (tertiary/aromatic N) is 1. The highest BCUT2D eigenvalue weighted by Crippen LogP contribution is 2.46. The minimum absolute atomic E-state index is 0. The van der Waals surface area contributed by atoms with Crippen molar-refractivity contribution in [1.29, 1.82) is 0 Å². The summed E-state index contributed by atoms with van der Waals surface area (Å²) in [5.41, 5.74) is 0.962. The Balaban J connectivity index is 0.00000147. The van der Waals surface area contributed by atoms with Crippen LogP contribution in [-0.4, -0.2) is 31.1 Å². The van der Waals surface area contributed by atoms with Crippen molar-refractivity contribution in [1.82, 2.24) is 4.90 Å². The Kier molecular flexibility index (Phi) is 4.60. The van der Waals surface area contributed by atoms with Gasteiger partial charge in [-0.3, -0.25) is 0 Å². The van der Waals surface area contributed by atoms with E-state index < -0.39 is 0 Å². The highest BCUT2D eigenvalue weighted by Gasteiger charge is 2.47. The fraction of sp³-hybridized carbons (Fsp3) is 0.625. The lowest BCUT2D eigenvalue weighted by Crippen LogP contribution is -2.48. The molecule has 0 amide bonds. The van der Waals surface area contributed by atoms with E-state index in [1.165, 1.54) is 25.3 Å². The Hall–Kier alpha value is -0.800. The predicted molar refractivity (Wildman–Crippen MR) is 81.2 cm³/mol. The van der Waals surface area contributed by atoms with Gasteiger partial charge in [-0.1, -0.05) is 6.42 Å². The summed E-state index contributed by atoms with van der Waals surface area (Å²) in [6, 6.07) is 4.94. The maximum absolute atomic E-state index is 13.4. The van der Waals surface area contributed by atoms with Gasteiger partial charge in [-0.2, -0.15) is 0 Å². The largest absolute Gasteiger partial charge is 0.486 e. The third-order valence-electron chi connectivity index (χ3n) is 4.56. The number of fused-ring (bicyclic) bond motifs is 1. The molecule has 20 heavy (non-hydrogen) atoms. The van der Waals surface area contributed by atoms with Gasteiger partial charge in [0.2, 0.25) is 0 Å². The smallest absolute Gasteiger partial charge is 0.123 e. The quantitative estimate of drug-likeness (QED) is 0.826. The summed E-state index contributed by atoms with van der Waals surface area (Å²) < 4.78 is 19.7. The minimum atomic E-state index is -0.153. The molecule has 2 nitrogen and oxygen atoms in total. The molecule has 0 radical (unpaired) electrons. The SMILES string of the molecule is CN(C)C[C@H]1CCCC[C@]12Cc1cc(F)ccc1O2.Cl. The van der Waals surface area contributed by atoms with Crippen LogP contribution in [0.2, 0.25) is 0 Å². The first-order valence-electron chi connectivity index (χ1n) is 7.21. The highest BCUT2D eigenvalue weighted by atomic mass is 35.5. The third kappa shape index (κ3) is 2.79. The van der Waals surface area contributed by atoms with Gasteiger partial charge in [0.25, 0.3) is 0 Å². The second kappa shape index (κ2) is 5.90. The second-order valence-electron chi connectivity index (χ2n) is 6.30. The van der Waals surface area contributed by atoms with Crippen LogP contribution in [0.4, 0.5) is 4.39 Å². The lowest BCUT2D eigenvalue weighted by molar-refractivity contribution is -0.0150. The molecule has 1 fully saturated rings. The van der Waals surface area contributed by atoms with Gasteiger partial charge >= 0.3 is 0 Å². The van der Waals surface area contributed by atoms with Crippen LogP contribution in [-0.2, 0) is 6.42 Å². The number of halogens is 2. The Labute approximate surface area is 126 Å². The molecule has 1 aromatic carbocycles. The van der Waals surface area contributed by atoms with E-state index in [1.807, 2.05) is 0 Å². The van der Waals surface area contributed by atoms with Gasteiger partial charge < -0.3 is 9.64 Å². The molecule has 1 saturated carbocycles. The lowest BCUT2D eigenvalue weighted by atomic mass is 9.73. The standard InChI is InChI=1S/C16H22FNO.ClH/c1-18(2)11-13-5-3-4-8-16(13)10-12-9-14(17)6-7-15(12)19-16;/h6-7,9,13H,3-5,8,10-11H2,1-2H3;1H/t13-,16+;/m1./s1. The molecule has 0 aromatic heterocycles. The minimum Gasteiger partial charge on any atom is -0.486 e. The summed E-state index contributed by atoms with van der Waals surface area (Å²) in [5.74, 6) is 1.29. The Morgan fingerprint density at radius 1 is 1.35 bits per heavy atom. The van der Waals surface area contributed by atoms with Crippen molar-refractivity contribution in [2.24, 2.45) is 5.92 Å². The molecule has 1 heterocycles. The molecule has 3 rings (SSSR count). The van der Waals surface area contributed by atoms with Crippen molar-refractivity contribution >= 4 is 12.4 Å². The molecule has 0 unspecified atom stereocenters. The fourth-order valence-electron chi connectivity index (χ4n) is 3.71. The molecular weight excluding hydrogens is 277 g/mol. The Bertz CT molecular complexity index is 480. The first-order valence-corrected chi connectivity index (χ1v) is 7.21. The number of rotatable bonds is 2. The summed E-state index contributed by atoms with van der Waals surface area (Å²) in [4.78, 5) is 2.24. The molecule has 1 spiro atoms. The Morgan fingerprint density at radius 2 is 2.15 bits per heavy atom. The van der Waals surface area contributed by atoms with Crippen LogP contribution in [0.25, 0.3) is 0 Å². The molecule has 0 saturated heterocycles. The molecular formula is C16H23ClFNO. The van der Waals surface area contributed by atoms with Crippen LogP contribution < -0.4 is 4.74 Å². The normalized spacial score (nSPS) is 28.1. The van der Waals surface area contributed by atoms with Crippen molar-refractivity contribution in [2.45, 2.75) is 37.7 Å². The van der Waals surface area contributed by atoms with Gasteiger partial charge in [-0.05, 0) is 51.6 Å². The van der Waals surface area contributed by atoms with E-state index in [2.05, 4.69) is 19.0 Å². The molecule has 0 bridgehead atoms. The highest BCUT2D eigenvalue weighted by molar-refractivity contribution is 5.85. The zero-order chi connectivity index (χ0) is 13.5. The van der Waals surface area contributed by atoms with Crippen molar-refractivity contribution < 1.29 is 9.13 Å². The van der Waals surface area contributed by atoms with Crippen molar-refractivity contribution in [2.75, 3.05) is 20.6 Å². The monoisotopic (exact) mass is 299 g/mol. The average molecular weight is 300 g/mol. The molecule has 1 aliphatic heterocycles. The van der Waals surface area contributed by atoms with Gasteiger partial charge in [0.1, 0.15) is 17.2 Å². The predicted octanol–water partition coefficient (Wildman–Crippen LogP) is 3.67. The number of hydrogen-bond donors (Lipinski definition) is 0. The maximum Gasteiger partial charge on any atom is 0.123 e. The summed E-state index contributed by atoms with van der Waals surface area (Å²) in [5, 5.41) is 0. The average Bonchev–Trinajstić information content (AvgIpc) is 2.70.